The molecule has 0 aliphatic carbocycles. The number of benzene rings is 3. The lowest BCUT2D eigenvalue weighted by Gasteiger charge is -2.40. The first-order valence-electron chi connectivity index (χ1n) is 11.5. The van der Waals surface area contributed by atoms with Crippen LogP contribution in [-0.2, 0) is 4.79 Å². The first-order chi connectivity index (χ1) is 16.7. The number of aliphatic imine (C=N–C) groups is 1. The van der Waals surface area contributed by atoms with E-state index in [2.05, 4.69) is 75.5 Å². The predicted octanol–water partition coefficient (Wildman–Crippen LogP) is 5.07. The van der Waals surface area contributed by atoms with Crippen LogP contribution in [0.4, 0.5) is 0 Å². The van der Waals surface area contributed by atoms with Crippen LogP contribution in [0.3, 0.4) is 0 Å². The van der Waals surface area contributed by atoms with E-state index in [1.807, 2.05) is 30.3 Å². The number of ether oxygens (including phenoxy) is 1. The molecule has 1 amide bonds. The van der Waals surface area contributed by atoms with Crippen molar-refractivity contribution in [3.05, 3.63) is 107 Å². The number of piperazine rings is 1. The molecule has 172 valence electrons. The summed E-state index contributed by atoms with van der Waals surface area (Å²) in [6.45, 7) is 3.48. The molecule has 3 aromatic rings. The van der Waals surface area contributed by atoms with Gasteiger partial charge >= 0.3 is 0 Å². The molecule has 2 aliphatic heterocycles. The molecule has 2 aliphatic rings. The van der Waals surface area contributed by atoms with Crippen LogP contribution in [-0.4, -0.2) is 54.2 Å². The van der Waals surface area contributed by atoms with Crippen molar-refractivity contribution in [2.24, 2.45) is 4.99 Å². The third kappa shape index (κ3) is 4.93. The summed E-state index contributed by atoms with van der Waals surface area (Å²) >= 11 is 1.47. The predicted molar refractivity (Wildman–Crippen MR) is 139 cm³/mol. The largest absolute Gasteiger partial charge is 0.497 e. The van der Waals surface area contributed by atoms with E-state index in [1.165, 1.54) is 22.9 Å². The summed E-state index contributed by atoms with van der Waals surface area (Å²) < 4.78 is 5.21. The monoisotopic (exact) mass is 469 g/mol. The van der Waals surface area contributed by atoms with Gasteiger partial charge in [0, 0.05) is 26.2 Å². The Morgan fingerprint density at radius 1 is 0.853 bits per heavy atom. The molecule has 0 atom stereocenters. The highest BCUT2D eigenvalue weighted by Gasteiger charge is 2.31. The summed E-state index contributed by atoms with van der Waals surface area (Å²) in [6.07, 6.45) is 1.90. The molecule has 0 unspecified atom stereocenters. The molecule has 5 nitrogen and oxygen atoms in total. The molecule has 0 N–H and O–H groups in total. The van der Waals surface area contributed by atoms with Crippen molar-refractivity contribution in [2.75, 3.05) is 33.3 Å². The zero-order chi connectivity index (χ0) is 23.3. The van der Waals surface area contributed by atoms with Crippen molar-refractivity contribution in [3.8, 4) is 5.75 Å². The van der Waals surface area contributed by atoms with Crippen LogP contribution in [0.25, 0.3) is 6.08 Å². The Bertz CT molecular complexity index is 1150. The molecule has 2 heterocycles. The van der Waals surface area contributed by atoms with Gasteiger partial charge in [0.1, 0.15) is 5.75 Å². The van der Waals surface area contributed by atoms with Crippen LogP contribution in [0, 0.1) is 0 Å². The molecule has 34 heavy (non-hydrogen) atoms. The molecule has 6 heteroatoms. The summed E-state index contributed by atoms with van der Waals surface area (Å²) in [6, 6.07) is 29.3. The fraction of sp³-hybridized carbons (Fsp3) is 0.214. The second kappa shape index (κ2) is 10.3. The highest BCUT2D eigenvalue weighted by atomic mass is 32.2. The number of nitrogens with zero attached hydrogens (tertiary/aromatic N) is 3. The third-order valence-corrected chi connectivity index (χ3v) is 7.25. The summed E-state index contributed by atoms with van der Waals surface area (Å²) in [5, 5.41) is 0.806. The van der Waals surface area contributed by atoms with Gasteiger partial charge in [-0.15, -0.1) is 0 Å². The molecule has 3 aromatic carbocycles. The van der Waals surface area contributed by atoms with Gasteiger partial charge in [-0.3, -0.25) is 9.69 Å². The van der Waals surface area contributed by atoms with Crippen molar-refractivity contribution in [3.63, 3.8) is 0 Å². The van der Waals surface area contributed by atoms with Gasteiger partial charge in [-0.1, -0.05) is 72.8 Å². The van der Waals surface area contributed by atoms with Gasteiger partial charge in [-0.2, -0.15) is 4.99 Å². The van der Waals surface area contributed by atoms with Crippen LogP contribution in [0.1, 0.15) is 22.7 Å². The average molecular weight is 470 g/mol. The van der Waals surface area contributed by atoms with Gasteiger partial charge < -0.3 is 9.64 Å². The molecule has 0 spiro atoms. The molecular weight excluding hydrogens is 442 g/mol. The number of hydrogen-bond acceptors (Lipinski definition) is 5. The van der Waals surface area contributed by atoms with E-state index in [1.54, 1.807) is 7.11 Å². The summed E-state index contributed by atoms with van der Waals surface area (Å²) in [4.78, 5) is 22.3. The Morgan fingerprint density at radius 3 is 2.00 bits per heavy atom. The van der Waals surface area contributed by atoms with Crippen molar-refractivity contribution in [1.29, 1.82) is 0 Å². The molecule has 0 radical (unpaired) electrons. The number of carbonyl (C=O) groups is 1. The molecule has 1 saturated heterocycles. The Hall–Kier alpha value is -3.35. The highest BCUT2D eigenvalue weighted by molar-refractivity contribution is 8.18. The Balaban J connectivity index is 1.27. The first-order valence-corrected chi connectivity index (χ1v) is 12.3. The normalized spacial score (nSPS) is 17.9. The molecule has 0 aromatic heterocycles. The van der Waals surface area contributed by atoms with E-state index in [0.29, 0.717) is 4.91 Å². The minimum absolute atomic E-state index is 0.162. The van der Waals surface area contributed by atoms with Crippen molar-refractivity contribution in [2.45, 2.75) is 6.04 Å². The molecule has 0 saturated carbocycles. The van der Waals surface area contributed by atoms with Crippen molar-refractivity contribution in [1.82, 2.24) is 9.80 Å². The second-order valence-corrected chi connectivity index (χ2v) is 9.34. The van der Waals surface area contributed by atoms with Crippen LogP contribution < -0.4 is 4.74 Å². The van der Waals surface area contributed by atoms with E-state index < -0.39 is 0 Å². The maximum atomic E-state index is 12.6. The second-order valence-electron chi connectivity index (χ2n) is 8.33. The SMILES string of the molecule is COc1ccc(/C=C2\SC(N3CCN(C(c4ccccc4)c4ccccc4)CC3)=NC2=O)cc1. The zero-order valence-corrected chi connectivity index (χ0v) is 19.9. The van der Waals surface area contributed by atoms with Crippen LogP contribution in [0.2, 0.25) is 0 Å². The Labute approximate surface area is 204 Å². The lowest BCUT2D eigenvalue weighted by molar-refractivity contribution is -0.113. The summed E-state index contributed by atoms with van der Waals surface area (Å²) in [5.41, 5.74) is 3.57. The van der Waals surface area contributed by atoms with Gasteiger partial charge in [-0.25, -0.2) is 0 Å². The summed E-state index contributed by atoms with van der Waals surface area (Å²) in [7, 11) is 1.64. The topological polar surface area (TPSA) is 45.1 Å². The van der Waals surface area contributed by atoms with E-state index in [4.69, 9.17) is 4.74 Å². The number of amides is 1. The lowest BCUT2D eigenvalue weighted by atomic mass is 9.96. The quantitative estimate of drug-likeness (QED) is 0.488. The smallest absolute Gasteiger partial charge is 0.286 e. The van der Waals surface area contributed by atoms with Gasteiger partial charge in [-0.05, 0) is 46.7 Å². The summed E-state index contributed by atoms with van der Waals surface area (Å²) in [5.74, 6) is 0.636. The molecular formula is C28H27N3O2S. The number of thioether (sulfide) groups is 1. The van der Waals surface area contributed by atoms with Gasteiger partial charge in [0.25, 0.3) is 5.91 Å². The lowest BCUT2D eigenvalue weighted by Crippen LogP contribution is -2.49. The number of hydrogen-bond donors (Lipinski definition) is 0. The van der Waals surface area contributed by atoms with E-state index in [-0.39, 0.29) is 11.9 Å². The highest BCUT2D eigenvalue weighted by Crippen LogP contribution is 2.33. The first kappa shape index (κ1) is 22.4. The third-order valence-electron chi connectivity index (χ3n) is 6.20. The van der Waals surface area contributed by atoms with E-state index in [9.17, 15) is 4.79 Å². The van der Waals surface area contributed by atoms with E-state index in [0.717, 1.165) is 42.7 Å². The van der Waals surface area contributed by atoms with Gasteiger partial charge in [0.15, 0.2) is 5.17 Å². The van der Waals surface area contributed by atoms with Crippen LogP contribution >= 0.6 is 11.8 Å². The fourth-order valence-corrected chi connectivity index (χ4v) is 5.41. The molecule has 0 bridgehead atoms. The maximum absolute atomic E-state index is 12.6. The maximum Gasteiger partial charge on any atom is 0.286 e. The minimum Gasteiger partial charge on any atom is -0.497 e. The van der Waals surface area contributed by atoms with Crippen LogP contribution in [0.15, 0.2) is 94.8 Å². The zero-order valence-electron chi connectivity index (χ0n) is 19.1. The number of carbonyl (C=O) groups excluding carboxylic acids is 1. The van der Waals surface area contributed by atoms with Gasteiger partial charge in [0.2, 0.25) is 0 Å². The average Bonchev–Trinajstić information content (AvgIpc) is 3.26. The Kier molecular flexibility index (Phi) is 6.79. The number of amidine groups is 1. The Morgan fingerprint density at radius 2 is 1.44 bits per heavy atom. The standard InChI is InChI=1S/C28H27N3O2S/c1-33-24-14-12-21(13-15-24)20-25-27(32)29-28(34-25)31-18-16-30(17-19-31)26(22-8-4-2-5-9-22)23-10-6-3-7-11-23/h2-15,20,26H,16-19H2,1H3/b25-20-. The number of methoxy groups -OCH3 is 1. The molecule has 5 rings (SSSR count). The van der Waals surface area contributed by atoms with Gasteiger partial charge in [0.05, 0.1) is 18.1 Å². The minimum atomic E-state index is -0.162. The van der Waals surface area contributed by atoms with Crippen LogP contribution in [0.5, 0.6) is 5.75 Å². The molecule has 1 fully saturated rings. The van der Waals surface area contributed by atoms with Crippen molar-refractivity contribution >= 4 is 28.9 Å². The number of rotatable bonds is 5. The van der Waals surface area contributed by atoms with E-state index >= 15 is 0 Å². The van der Waals surface area contributed by atoms with Crippen molar-refractivity contribution < 1.29 is 9.53 Å². The fourth-order valence-electron chi connectivity index (χ4n) is 4.44.